The third-order valence-electron chi connectivity index (χ3n) is 1.97. The molecule has 0 aliphatic rings. The summed E-state index contributed by atoms with van der Waals surface area (Å²) in [6.07, 6.45) is 0. The zero-order valence-electron chi connectivity index (χ0n) is 8.10. The fraction of sp³-hybridized carbons (Fsp3) is 0.300. The number of hydrogen-bond acceptors (Lipinski definition) is 2. The molecule has 4 heteroatoms. The second-order valence-corrected chi connectivity index (χ2v) is 3.88. The van der Waals surface area contributed by atoms with Gasteiger partial charge in [-0.15, -0.1) is 0 Å². The first-order valence-electron chi connectivity index (χ1n) is 4.33. The molecule has 0 aliphatic heterocycles. The van der Waals surface area contributed by atoms with Gasteiger partial charge in [0.25, 0.3) is 0 Å². The van der Waals surface area contributed by atoms with E-state index in [9.17, 15) is 4.79 Å². The van der Waals surface area contributed by atoms with Crippen molar-refractivity contribution in [2.45, 2.75) is 13.8 Å². The number of nitrogens with one attached hydrogen (secondary N) is 1. The van der Waals surface area contributed by atoms with Crippen LogP contribution in [0.4, 0.5) is 5.69 Å². The summed E-state index contributed by atoms with van der Waals surface area (Å²) in [5, 5.41) is 12.1. The Hall–Kier alpha value is -1.03. The Morgan fingerprint density at radius 2 is 2.21 bits per heavy atom. The molecule has 0 radical (unpaired) electrons. The number of carboxylic acids is 1. The number of carbonyl (C=O) groups is 1. The molecule has 0 saturated carbocycles. The van der Waals surface area contributed by atoms with E-state index in [-0.39, 0.29) is 0 Å². The molecule has 0 aromatic heterocycles. The van der Waals surface area contributed by atoms with Gasteiger partial charge in [0.1, 0.15) is 0 Å². The maximum absolute atomic E-state index is 10.9. The van der Waals surface area contributed by atoms with Crippen LogP contribution in [0.15, 0.2) is 16.6 Å². The molecule has 0 atom stereocenters. The zero-order valence-corrected chi connectivity index (χ0v) is 9.68. The zero-order chi connectivity index (χ0) is 10.7. The van der Waals surface area contributed by atoms with Gasteiger partial charge in [0, 0.05) is 16.7 Å². The number of anilines is 1. The SMILES string of the molecule is CCNc1cc(Br)cc(C(=O)O)c1C. The van der Waals surface area contributed by atoms with Crippen LogP contribution in [-0.2, 0) is 0 Å². The summed E-state index contributed by atoms with van der Waals surface area (Å²) in [6.45, 7) is 4.55. The molecule has 1 aromatic rings. The van der Waals surface area contributed by atoms with Crippen molar-refractivity contribution in [1.29, 1.82) is 0 Å². The molecule has 1 rings (SSSR count). The highest BCUT2D eigenvalue weighted by Gasteiger charge is 2.11. The van der Waals surface area contributed by atoms with Crippen LogP contribution in [0, 0.1) is 6.92 Å². The van der Waals surface area contributed by atoms with Crippen molar-refractivity contribution in [3.8, 4) is 0 Å². The first-order valence-corrected chi connectivity index (χ1v) is 5.13. The number of rotatable bonds is 3. The summed E-state index contributed by atoms with van der Waals surface area (Å²) < 4.78 is 0.774. The first kappa shape index (κ1) is 11.0. The second-order valence-electron chi connectivity index (χ2n) is 2.96. The van der Waals surface area contributed by atoms with E-state index in [4.69, 9.17) is 5.11 Å². The average Bonchev–Trinajstić information content (AvgIpc) is 2.10. The summed E-state index contributed by atoms with van der Waals surface area (Å²) in [4.78, 5) is 10.9. The van der Waals surface area contributed by atoms with Crippen molar-refractivity contribution in [2.75, 3.05) is 11.9 Å². The van der Waals surface area contributed by atoms with Crippen molar-refractivity contribution in [1.82, 2.24) is 0 Å². The van der Waals surface area contributed by atoms with Gasteiger partial charge in [-0.25, -0.2) is 4.79 Å². The number of halogens is 1. The lowest BCUT2D eigenvalue weighted by molar-refractivity contribution is 0.0696. The van der Waals surface area contributed by atoms with Crippen molar-refractivity contribution in [3.05, 3.63) is 27.7 Å². The molecule has 0 unspecified atom stereocenters. The molecule has 76 valence electrons. The van der Waals surface area contributed by atoms with Crippen LogP contribution in [0.25, 0.3) is 0 Å². The largest absolute Gasteiger partial charge is 0.478 e. The number of carboxylic acid groups (broad SMARTS) is 1. The Labute approximate surface area is 91.3 Å². The standard InChI is InChI=1S/C10H12BrNO2/c1-3-12-9-5-7(11)4-8(6(9)2)10(13)14/h4-5,12H,3H2,1-2H3,(H,13,14). The molecular formula is C10H12BrNO2. The van der Waals surface area contributed by atoms with Crippen molar-refractivity contribution in [3.63, 3.8) is 0 Å². The minimum Gasteiger partial charge on any atom is -0.478 e. The van der Waals surface area contributed by atoms with Crippen molar-refractivity contribution >= 4 is 27.6 Å². The molecule has 1 aromatic carbocycles. The lowest BCUT2D eigenvalue weighted by atomic mass is 10.1. The van der Waals surface area contributed by atoms with E-state index in [1.54, 1.807) is 13.0 Å². The van der Waals surface area contributed by atoms with Gasteiger partial charge >= 0.3 is 5.97 Å². The van der Waals surface area contributed by atoms with Crippen LogP contribution in [0.3, 0.4) is 0 Å². The normalized spacial score (nSPS) is 9.93. The molecular weight excluding hydrogens is 246 g/mol. The van der Waals surface area contributed by atoms with Crippen LogP contribution in [0.2, 0.25) is 0 Å². The Morgan fingerprint density at radius 1 is 1.57 bits per heavy atom. The highest BCUT2D eigenvalue weighted by atomic mass is 79.9. The van der Waals surface area contributed by atoms with Crippen LogP contribution < -0.4 is 5.32 Å². The van der Waals surface area contributed by atoms with E-state index in [2.05, 4.69) is 21.2 Å². The fourth-order valence-electron chi connectivity index (χ4n) is 1.28. The van der Waals surface area contributed by atoms with Gasteiger partial charge in [0.2, 0.25) is 0 Å². The molecule has 0 aliphatic carbocycles. The minimum atomic E-state index is -0.900. The molecule has 0 heterocycles. The fourth-order valence-corrected chi connectivity index (χ4v) is 1.73. The van der Waals surface area contributed by atoms with E-state index in [0.29, 0.717) is 5.56 Å². The predicted octanol–water partition coefficient (Wildman–Crippen LogP) is 2.89. The van der Waals surface area contributed by atoms with Crippen LogP contribution in [-0.4, -0.2) is 17.6 Å². The van der Waals surface area contributed by atoms with Gasteiger partial charge < -0.3 is 10.4 Å². The highest BCUT2D eigenvalue weighted by Crippen LogP contribution is 2.24. The molecule has 0 amide bonds. The van der Waals surface area contributed by atoms with Gasteiger partial charge in [-0.3, -0.25) is 0 Å². The molecule has 0 fully saturated rings. The van der Waals surface area contributed by atoms with Crippen molar-refractivity contribution < 1.29 is 9.90 Å². The van der Waals surface area contributed by atoms with E-state index in [0.717, 1.165) is 22.3 Å². The minimum absolute atomic E-state index is 0.329. The highest BCUT2D eigenvalue weighted by molar-refractivity contribution is 9.10. The third-order valence-corrected chi connectivity index (χ3v) is 2.43. The Morgan fingerprint density at radius 3 is 2.71 bits per heavy atom. The molecule has 3 nitrogen and oxygen atoms in total. The van der Waals surface area contributed by atoms with E-state index >= 15 is 0 Å². The smallest absolute Gasteiger partial charge is 0.336 e. The second kappa shape index (κ2) is 4.46. The lowest BCUT2D eigenvalue weighted by Crippen LogP contribution is -2.05. The quantitative estimate of drug-likeness (QED) is 0.876. The van der Waals surface area contributed by atoms with E-state index < -0.39 is 5.97 Å². The van der Waals surface area contributed by atoms with E-state index in [1.165, 1.54) is 0 Å². The number of aromatic carboxylic acids is 1. The van der Waals surface area contributed by atoms with Crippen molar-refractivity contribution in [2.24, 2.45) is 0 Å². The maximum Gasteiger partial charge on any atom is 0.336 e. The van der Waals surface area contributed by atoms with Crippen LogP contribution in [0.5, 0.6) is 0 Å². The van der Waals surface area contributed by atoms with Crippen LogP contribution in [0.1, 0.15) is 22.8 Å². The predicted molar refractivity (Wildman–Crippen MR) is 60.0 cm³/mol. The Balaban J connectivity index is 3.24. The van der Waals surface area contributed by atoms with Crippen LogP contribution >= 0.6 is 15.9 Å². The lowest BCUT2D eigenvalue weighted by Gasteiger charge is -2.10. The molecule has 0 bridgehead atoms. The summed E-state index contributed by atoms with van der Waals surface area (Å²) >= 11 is 3.28. The van der Waals surface area contributed by atoms with Gasteiger partial charge in [0.15, 0.2) is 0 Å². The number of benzene rings is 1. The summed E-state index contributed by atoms with van der Waals surface area (Å²) in [5.41, 5.74) is 1.96. The first-order chi connectivity index (χ1) is 6.56. The third kappa shape index (κ3) is 2.26. The topological polar surface area (TPSA) is 49.3 Å². The summed E-state index contributed by atoms with van der Waals surface area (Å²) in [7, 11) is 0. The van der Waals surface area contributed by atoms with E-state index in [1.807, 2.05) is 13.0 Å². The van der Waals surface area contributed by atoms with Gasteiger partial charge in [-0.2, -0.15) is 0 Å². The monoisotopic (exact) mass is 257 g/mol. The summed E-state index contributed by atoms with van der Waals surface area (Å²) in [5.74, 6) is -0.900. The average molecular weight is 258 g/mol. The van der Waals surface area contributed by atoms with Gasteiger partial charge in [-0.05, 0) is 31.5 Å². The molecule has 0 saturated heterocycles. The molecule has 2 N–H and O–H groups in total. The molecule has 0 spiro atoms. The summed E-state index contributed by atoms with van der Waals surface area (Å²) in [6, 6.07) is 3.49. The number of hydrogen-bond donors (Lipinski definition) is 2. The van der Waals surface area contributed by atoms with Gasteiger partial charge in [0.05, 0.1) is 5.56 Å². The maximum atomic E-state index is 10.9. The van der Waals surface area contributed by atoms with Gasteiger partial charge in [-0.1, -0.05) is 15.9 Å². The Kier molecular flexibility index (Phi) is 3.52. The molecule has 14 heavy (non-hydrogen) atoms. The Bertz CT molecular complexity index is 363.